The van der Waals surface area contributed by atoms with Crippen molar-refractivity contribution in [3.8, 4) is 0 Å². The molecule has 1 heterocycles. The van der Waals surface area contributed by atoms with Gasteiger partial charge in [-0.2, -0.15) is 0 Å². The fraction of sp³-hybridized carbons (Fsp3) is 1.00. The molecule has 1 rings (SSSR count). The summed E-state index contributed by atoms with van der Waals surface area (Å²) in [6, 6.07) is 0. The summed E-state index contributed by atoms with van der Waals surface area (Å²) in [6.45, 7) is 4.42. The Morgan fingerprint density at radius 3 is 1.69 bits per heavy atom. The number of hydrogen-bond donors (Lipinski definition) is 0. The molecule has 4 nitrogen and oxygen atoms in total. The molecule has 0 aromatic rings. The predicted molar refractivity (Wildman–Crippen MR) is 66.3 cm³/mol. The van der Waals surface area contributed by atoms with Gasteiger partial charge in [-0.25, -0.2) is 0 Å². The number of likely N-dealkylation sites (tertiary alicyclic amines) is 1. The normalized spacial score (nSPS) is 21.8. The van der Waals surface area contributed by atoms with Crippen molar-refractivity contribution >= 4 is 8.80 Å². The van der Waals surface area contributed by atoms with Gasteiger partial charge in [-0.05, 0) is 32.9 Å². The summed E-state index contributed by atoms with van der Waals surface area (Å²) in [5, 5.41) is 0. The van der Waals surface area contributed by atoms with Crippen molar-refractivity contribution in [3.05, 3.63) is 0 Å². The smallest absolute Gasteiger partial charge is 0.376 e. The number of hydrogen-bond acceptors (Lipinski definition) is 4. The second kappa shape index (κ2) is 6.71. The zero-order chi connectivity index (χ0) is 12.0. The molecule has 1 fully saturated rings. The van der Waals surface area contributed by atoms with Crippen molar-refractivity contribution in [2.75, 3.05) is 34.4 Å². The second-order valence-electron chi connectivity index (χ2n) is 4.34. The van der Waals surface area contributed by atoms with E-state index in [1.54, 1.807) is 21.3 Å². The summed E-state index contributed by atoms with van der Waals surface area (Å²) in [4.78, 5) is 2.45. The van der Waals surface area contributed by atoms with Crippen molar-refractivity contribution in [1.82, 2.24) is 4.90 Å². The van der Waals surface area contributed by atoms with E-state index in [4.69, 9.17) is 13.3 Å². The molecule has 16 heavy (non-hydrogen) atoms. The molecular weight excluding hydrogens is 222 g/mol. The lowest BCUT2D eigenvalue weighted by Crippen LogP contribution is -2.60. The molecule has 1 aliphatic rings. The van der Waals surface area contributed by atoms with E-state index < -0.39 is 8.80 Å². The standard InChI is InChI=1S/C11H25NO3Si/c1-11(16(13-2,14-3)15-4)12-9-7-5-6-8-10-12/h11H,5-10H2,1-4H3. The highest BCUT2D eigenvalue weighted by Gasteiger charge is 2.47. The predicted octanol–water partition coefficient (Wildman–Crippen LogP) is 1.67. The van der Waals surface area contributed by atoms with Crippen LogP contribution in [0.4, 0.5) is 0 Å². The van der Waals surface area contributed by atoms with Crippen LogP contribution in [0.3, 0.4) is 0 Å². The molecule has 0 radical (unpaired) electrons. The highest BCUT2D eigenvalue weighted by Crippen LogP contribution is 2.20. The first-order valence-corrected chi connectivity index (χ1v) is 7.90. The summed E-state index contributed by atoms with van der Waals surface area (Å²) in [7, 11) is 2.56. The van der Waals surface area contributed by atoms with Gasteiger partial charge in [0.05, 0.1) is 5.67 Å². The minimum atomic E-state index is -2.50. The molecule has 0 aromatic heterocycles. The zero-order valence-electron chi connectivity index (χ0n) is 11.0. The van der Waals surface area contributed by atoms with E-state index in [2.05, 4.69) is 11.8 Å². The Balaban J connectivity index is 2.67. The Labute approximate surface area is 100 Å². The second-order valence-corrected chi connectivity index (χ2v) is 7.61. The van der Waals surface area contributed by atoms with Gasteiger partial charge in [0.15, 0.2) is 0 Å². The van der Waals surface area contributed by atoms with E-state index in [0.29, 0.717) is 0 Å². The van der Waals surface area contributed by atoms with Crippen molar-refractivity contribution in [1.29, 1.82) is 0 Å². The Morgan fingerprint density at radius 2 is 1.31 bits per heavy atom. The third kappa shape index (κ3) is 3.04. The van der Waals surface area contributed by atoms with Gasteiger partial charge in [0.25, 0.3) is 0 Å². The molecule has 0 aromatic carbocycles. The van der Waals surface area contributed by atoms with Crippen molar-refractivity contribution in [2.24, 2.45) is 0 Å². The quantitative estimate of drug-likeness (QED) is 0.692. The summed E-state index contributed by atoms with van der Waals surface area (Å²) in [5.74, 6) is 0. The summed E-state index contributed by atoms with van der Waals surface area (Å²) in [6.07, 6.45) is 5.22. The topological polar surface area (TPSA) is 30.9 Å². The summed E-state index contributed by atoms with van der Waals surface area (Å²) >= 11 is 0. The maximum atomic E-state index is 5.54. The molecule has 0 N–H and O–H groups in total. The van der Waals surface area contributed by atoms with E-state index in [9.17, 15) is 0 Å². The van der Waals surface area contributed by atoms with Crippen LogP contribution in [-0.2, 0) is 13.3 Å². The molecule has 0 aliphatic carbocycles. The first-order valence-electron chi connectivity index (χ1n) is 6.09. The van der Waals surface area contributed by atoms with Crippen LogP contribution in [-0.4, -0.2) is 53.8 Å². The van der Waals surface area contributed by atoms with Gasteiger partial charge in [-0.1, -0.05) is 12.8 Å². The molecule has 96 valence electrons. The largest absolute Gasteiger partial charge is 0.517 e. The maximum absolute atomic E-state index is 5.54. The van der Waals surface area contributed by atoms with E-state index in [-0.39, 0.29) is 5.67 Å². The van der Waals surface area contributed by atoms with Crippen LogP contribution < -0.4 is 0 Å². The lowest BCUT2D eigenvalue weighted by atomic mass is 10.2. The van der Waals surface area contributed by atoms with Gasteiger partial charge in [-0.3, -0.25) is 4.90 Å². The van der Waals surface area contributed by atoms with E-state index >= 15 is 0 Å². The zero-order valence-corrected chi connectivity index (χ0v) is 12.0. The summed E-state index contributed by atoms with van der Waals surface area (Å²) in [5.41, 5.74) is 0.241. The van der Waals surface area contributed by atoms with Gasteiger partial charge in [0, 0.05) is 21.3 Å². The molecule has 1 saturated heterocycles. The Kier molecular flexibility index (Phi) is 5.92. The molecule has 0 bridgehead atoms. The van der Waals surface area contributed by atoms with E-state index in [1.165, 1.54) is 25.7 Å². The monoisotopic (exact) mass is 247 g/mol. The van der Waals surface area contributed by atoms with E-state index in [0.717, 1.165) is 13.1 Å². The molecule has 0 spiro atoms. The van der Waals surface area contributed by atoms with Gasteiger partial charge < -0.3 is 13.3 Å². The highest BCUT2D eigenvalue weighted by atomic mass is 28.4. The van der Waals surface area contributed by atoms with E-state index in [1.807, 2.05) is 0 Å². The minimum absolute atomic E-state index is 0.241. The fourth-order valence-electron chi connectivity index (χ4n) is 2.47. The molecule has 1 atom stereocenters. The average molecular weight is 247 g/mol. The average Bonchev–Trinajstić information content (AvgIpc) is 2.60. The van der Waals surface area contributed by atoms with Crippen molar-refractivity contribution in [3.63, 3.8) is 0 Å². The molecule has 5 heteroatoms. The van der Waals surface area contributed by atoms with Crippen LogP contribution >= 0.6 is 0 Å². The first-order chi connectivity index (χ1) is 7.70. The highest BCUT2D eigenvalue weighted by molar-refractivity contribution is 6.62. The maximum Gasteiger partial charge on any atom is 0.517 e. The van der Waals surface area contributed by atoms with Crippen LogP contribution in [0.5, 0.6) is 0 Å². The fourth-order valence-corrected chi connectivity index (χ4v) is 4.70. The third-order valence-electron chi connectivity index (χ3n) is 3.55. The van der Waals surface area contributed by atoms with Gasteiger partial charge in [0.1, 0.15) is 0 Å². The van der Waals surface area contributed by atoms with Crippen LogP contribution in [0.25, 0.3) is 0 Å². The van der Waals surface area contributed by atoms with Crippen LogP contribution in [0.15, 0.2) is 0 Å². The van der Waals surface area contributed by atoms with Crippen molar-refractivity contribution < 1.29 is 13.3 Å². The molecule has 1 aliphatic heterocycles. The Bertz CT molecular complexity index is 183. The minimum Gasteiger partial charge on any atom is -0.376 e. The summed E-state index contributed by atoms with van der Waals surface area (Å²) < 4.78 is 16.6. The van der Waals surface area contributed by atoms with Gasteiger partial charge >= 0.3 is 8.80 Å². The lowest BCUT2D eigenvalue weighted by Gasteiger charge is -2.37. The molecule has 0 amide bonds. The molecule has 1 unspecified atom stereocenters. The lowest BCUT2D eigenvalue weighted by molar-refractivity contribution is 0.0795. The van der Waals surface area contributed by atoms with Gasteiger partial charge in [0.2, 0.25) is 0 Å². The number of rotatable bonds is 5. The van der Waals surface area contributed by atoms with Crippen LogP contribution in [0, 0.1) is 0 Å². The third-order valence-corrected chi connectivity index (χ3v) is 6.65. The van der Waals surface area contributed by atoms with Crippen LogP contribution in [0.1, 0.15) is 32.6 Å². The molecular formula is C11H25NO3Si. The first kappa shape index (κ1) is 14.1. The molecule has 0 saturated carbocycles. The SMILES string of the molecule is CO[Si](OC)(OC)C(C)N1CCCCCC1. The van der Waals surface area contributed by atoms with Crippen molar-refractivity contribution in [2.45, 2.75) is 38.3 Å². The van der Waals surface area contributed by atoms with Gasteiger partial charge in [-0.15, -0.1) is 0 Å². The Hall–Kier alpha value is 0.0569. The Morgan fingerprint density at radius 1 is 0.875 bits per heavy atom. The van der Waals surface area contributed by atoms with Crippen LogP contribution in [0.2, 0.25) is 0 Å². The number of nitrogens with zero attached hydrogens (tertiary/aromatic N) is 1.